The van der Waals surface area contributed by atoms with Crippen LogP contribution in [0.1, 0.15) is 22.7 Å². The summed E-state index contributed by atoms with van der Waals surface area (Å²) in [6, 6.07) is 1.88. The molecule has 0 amide bonds. The third-order valence-corrected chi connectivity index (χ3v) is 4.32. The molecule has 8 heteroatoms. The number of fused-ring (bicyclic) bond motifs is 1. The van der Waals surface area contributed by atoms with Gasteiger partial charge in [0.1, 0.15) is 11.5 Å². The summed E-state index contributed by atoms with van der Waals surface area (Å²) in [6.07, 6.45) is 3.35. The Morgan fingerprint density at radius 3 is 3.04 bits per heavy atom. The van der Waals surface area contributed by atoms with Crippen molar-refractivity contribution >= 4 is 0 Å². The predicted molar refractivity (Wildman–Crippen MR) is 84.0 cm³/mol. The van der Waals surface area contributed by atoms with E-state index in [1.165, 1.54) is 0 Å². The van der Waals surface area contributed by atoms with Crippen LogP contribution in [0.4, 0.5) is 0 Å². The van der Waals surface area contributed by atoms with Gasteiger partial charge in [-0.3, -0.25) is 0 Å². The van der Waals surface area contributed by atoms with Crippen molar-refractivity contribution in [2.45, 2.75) is 39.6 Å². The number of rotatable bonds is 5. The summed E-state index contributed by atoms with van der Waals surface area (Å²) in [6.45, 7) is 6.48. The third-order valence-electron chi connectivity index (χ3n) is 4.32. The molecule has 1 atom stereocenters. The maximum Gasteiger partial charge on any atom is 0.138 e. The van der Waals surface area contributed by atoms with Crippen molar-refractivity contribution in [2.75, 3.05) is 6.54 Å². The van der Waals surface area contributed by atoms with Crippen molar-refractivity contribution in [1.29, 1.82) is 0 Å². The predicted octanol–water partition coefficient (Wildman–Crippen LogP) is 1.83. The lowest BCUT2D eigenvalue weighted by atomic mass is 10.1. The van der Waals surface area contributed by atoms with Gasteiger partial charge in [0.05, 0.1) is 43.2 Å². The summed E-state index contributed by atoms with van der Waals surface area (Å²) in [5, 5.41) is 15.9. The van der Waals surface area contributed by atoms with Gasteiger partial charge in [0.2, 0.25) is 0 Å². The quantitative estimate of drug-likeness (QED) is 0.763. The third kappa shape index (κ3) is 2.74. The monoisotopic (exact) mass is 329 g/mol. The van der Waals surface area contributed by atoms with Gasteiger partial charge in [0.25, 0.3) is 0 Å². The molecule has 3 aromatic heterocycles. The summed E-state index contributed by atoms with van der Waals surface area (Å²) in [7, 11) is 0. The number of furan rings is 1. The fourth-order valence-corrected chi connectivity index (χ4v) is 2.92. The highest BCUT2D eigenvalue weighted by Crippen LogP contribution is 2.25. The van der Waals surface area contributed by atoms with Crippen molar-refractivity contribution in [3.8, 4) is 11.3 Å². The average molecular weight is 329 g/mol. The normalized spacial score (nSPS) is 17.2. The van der Waals surface area contributed by atoms with Crippen LogP contribution in [0.25, 0.3) is 11.3 Å². The topological polar surface area (TPSA) is 91.1 Å². The van der Waals surface area contributed by atoms with E-state index < -0.39 is 0 Å². The molecule has 1 aliphatic rings. The van der Waals surface area contributed by atoms with E-state index in [0.717, 1.165) is 40.5 Å². The molecule has 4 rings (SSSR count). The molecule has 1 N–H and O–H groups in total. The van der Waals surface area contributed by atoms with Gasteiger partial charge in [-0.2, -0.15) is 0 Å². The number of aromatic nitrogens is 4. The van der Waals surface area contributed by atoms with Crippen molar-refractivity contribution < 1.29 is 13.7 Å². The first-order chi connectivity index (χ1) is 11.7. The van der Waals surface area contributed by atoms with Gasteiger partial charge >= 0.3 is 0 Å². The van der Waals surface area contributed by atoms with Gasteiger partial charge in [-0.1, -0.05) is 10.4 Å². The zero-order valence-corrected chi connectivity index (χ0v) is 13.7. The Hall–Kier alpha value is -2.45. The van der Waals surface area contributed by atoms with Crippen LogP contribution in [-0.2, 0) is 24.4 Å². The van der Waals surface area contributed by atoms with Gasteiger partial charge < -0.3 is 19.0 Å². The summed E-state index contributed by atoms with van der Waals surface area (Å²) in [5.74, 6) is 0.855. The van der Waals surface area contributed by atoms with E-state index in [4.69, 9.17) is 13.7 Å². The lowest BCUT2D eigenvalue weighted by molar-refractivity contribution is 0.00123. The lowest BCUT2D eigenvalue weighted by Gasteiger charge is -2.24. The number of hydrogen-bond acceptors (Lipinski definition) is 7. The van der Waals surface area contributed by atoms with E-state index in [0.29, 0.717) is 19.7 Å². The Kier molecular flexibility index (Phi) is 3.91. The van der Waals surface area contributed by atoms with Crippen LogP contribution in [-0.4, -0.2) is 32.8 Å². The highest BCUT2D eigenvalue weighted by atomic mass is 16.5. The van der Waals surface area contributed by atoms with Crippen LogP contribution < -0.4 is 5.32 Å². The molecule has 0 fully saturated rings. The van der Waals surface area contributed by atoms with Gasteiger partial charge in [-0.25, -0.2) is 4.68 Å². The first-order valence-electron chi connectivity index (χ1n) is 7.91. The van der Waals surface area contributed by atoms with E-state index in [1.807, 2.05) is 24.6 Å². The Morgan fingerprint density at radius 1 is 1.38 bits per heavy atom. The summed E-state index contributed by atoms with van der Waals surface area (Å²) < 4.78 is 18.1. The molecule has 1 unspecified atom stereocenters. The molecule has 1 aliphatic heterocycles. The Labute approximate surface area is 138 Å². The van der Waals surface area contributed by atoms with E-state index in [1.54, 1.807) is 12.5 Å². The summed E-state index contributed by atoms with van der Waals surface area (Å²) >= 11 is 0. The fourth-order valence-electron chi connectivity index (χ4n) is 2.92. The van der Waals surface area contributed by atoms with Crippen LogP contribution in [0.2, 0.25) is 0 Å². The molecular formula is C16H19N5O3. The van der Waals surface area contributed by atoms with Crippen molar-refractivity contribution in [1.82, 2.24) is 25.5 Å². The van der Waals surface area contributed by atoms with Crippen LogP contribution in [0.15, 0.2) is 27.5 Å². The molecule has 24 heavy (non-hydrogen) atoms. The maximum atomic E-state index is 5.95. The molecule has 4 heterocycles. The van der Waals surface area contributed by atoms with Gasteiger partial charge in [0.15, 0.2) is 0 Å². The smallest absolute Gasteiger partial charge is 0.138 e. The van der Waals surface area contributed by atoms with Crippen LogP contribution in [0, 0.1) is 13.8 Å². The van der Waals surface area contributed by atoms with Crippen molar-refractivity contribution in [3.05, 3.63) is 41.3 Å². The molecule has 3 aromatic rings. The van der Waals surface area contributed by atoms with Gasteiger partial charge in [-0.05, 0) is 19.9 Å². The Morgan fingerprint density at radius 2 is 2.29 bits per heavy atom. The van der Waals surface area contributed by atoms with Crippen LogP contribution in [0.3, 0.4) is 0 Å². The second-order valence-electron chi connectivity index (χ2n) is 5.95. The number of aryl methyl sites for hydroxylation is 2. The standard InChI is InChI=1S/C16H19N5O3/c1-10-14(11(2)24-19-10)6-17-5-13-7-21-15(9-23-13)16(18-20-21)12-3-4-22-8-12/h3-4,8,13,17H,5-7,9H2,1-2H3. The van der Waals surface area contributed by atoms with E-state index in [9.17, 15) is 0 Å². The number of nitrogens with zero attached hydrogens (tertiary/aromatic N) is 4. The molecule has 0 radical (unpaired) electrons. The van der Waals surface area contributed by atoms with E-state index >= 15 is 0 Å². The number of ether oxygens (including phenoxy) is 1. The molecule has 0 saturated carbocycles. The first-order valence-corrected chi connectivity index (χ1v) is 7.91. The van der Waals surface area contributed by atoms with Gasteiger partial charge in [0, 0.05) is 24.2 Å². The zero-order valence-electron chi connectivity index (χ0n) is 13.7. The van der Waals surface area contributed by atoms with Gasteiger partial charge in [-0.15, -0.1) is 5.10 Å². The molecule has 0 aromatic carbocycles. The SMILES string of the molecule is Cc1noc(C)c1CNCC1Cn2nnc(-c3ccoc3)c2CO1. The average Bonchev–Trinajstić information content (AvgIpc) is 3.30. The first kappa shape index (κ1) is 15.1. The molecule has 8 nitrogen and oxygen atoms in total. The minimum absolute atomic E-state index is 0.0527. The second-order valence-corrected chi connectivity index (χ2v) is 5.95. The Bertz CT molecular complexity index is 802. The Balaban J connectivity index is 1.37. The summed E-state index contributed by atoms with van der Waals surface area (Å²) in [4.78, 5) is 0. The lowest BCUT2D eigenvalue weighted by Crippen LogP contribution is -2.36. The number of hydrogen-bond donors (Lipinski definition) is 1. The zero-order chi connectivity index (χ0) is 16.5. The summed E-state index contributed by atoms with van der Waals surface area (Å²) in [5.41, 5.74) is 4.77. The van der Waals surface area contributed by atoms with Crippen molar-refractivity contribution in [3.63, 3.8) is 0 Å². The highest BCUT2D eigenvalue weighted by molar-refractivity contribution is 5.59. The molecule has 0 aliphatic carbocycles. The fraction of sp³-hybridized carbons (Fsp3) is 0.438. The highest BCUT2D eigenvalue weighted by Gasteiger charge is 2.24. The van der Waals surface area contributed by atoms with E-state index in [-0.39, 0.29) is 6.10 Å². The van der Waals surface area contributed by atoms with Crippen LogP contribution >= 0.6 is 0 Å². The second kappa shape index (κ2) is 6.21. The van der Waals surface area contributed by atoms with Crippen LogP contribution in [0.5, 0.6) is 0 Å². The largest absolute Gasteiger partial charge is 0.472 e. The molecule has 0 spiro atoms. The number of nitrogens with one attached hydrogen (secondary N) is 1. The molecular weight excluding hydrogens is 310 g/mol. The van der Waals surface area contributed by atoms with Crippen molar-refractivity contribution in [2.24, 2.45) is 0 Å². The molecule has 0 bridgehead atoms. The minimum Gasteiger partial charge on any atom is -0.472 e. The minimum atomic E-state index is 0.0527. The molecule has 0 saturated heterocycles. The maximum absolute atomic E-state index is 5.95. The van der Waals surface area contributed by atoms with E-state index in [2.05, 4.69) is 20.8 Å². The molecule has 126 valence electrons.